The Morgan fingerprint density at radius 2 is 1.91 bits per heavy atom. The first-order chi connectivity index (χ1) is 16.0. The molecule has 0 bridgehead atoms. The Hall–Kier alpha value is -3.32. The first-order valence-corrected chi connectivity index (χ1v) is 11.5. The average molecular weight is 450 g/mol. The molecule has 2 aromatic carbocycles. The summed E-state index contributed by atoms with van der Waals surface area (Å²) >= 11 is 0. The highest BCUT2D eigenvalue weighted by Crippen LogP contribution is 2.45. The van der Waals surface area contributed by atoms with Gasteiger partial charge in [-0.2, -0.15) is 5.10 Å². The standard InChI is InChI=1S/C26H31N3O4/c1-4-5-6-13-33-19-9-7-18(8-10-19)24-21-22(20-15-16(2)14-17(3)25(20)31)27-28-23(21)26(32)29(24)11-12-30/h7-10,14-15,24,30-31H,4-6,11-13H2,1-3H3,(H,27,28). The van der Waals surface area contributed by atoms with Crippen molar-refractivity contribution in [1.82, 2.24) is 15.1 Å². The number of aliphatic hydroxyl groups excluding tert-OH is 1. The highest BCUT2D eigenvalue weighted by atomic mass is 16.5. The van der Waals surface area contributed by atoms with Gasteiger partial charge >= 0.3 is 0 Å². The van der Waals surface area contributed by atoms with Crippen LogP contribution in [0.4, 0.5) is 0 Å². The van der Waals surface area contributed by atoms with E-state index >= 15 is 0 Å². The molecule has 1 aliphatic rings. The largest absolute Gasteiger partial charge is 0.507 e. The zero-order chi connectivity index (χ0) is 23.5. The number of amides is 1. The van der Waals surface area contributed by atoms with E-state index in [0.717, 1.165) is 41.7 Å². The van der Waals surface area contributed by atoms with Crippen LogP contribution < -0.4 is 4.74 Å². The van der Waals surface area contributed by atoms with Crippen molar-refractivity contribution < 1.29 is 19.7 Å². The van der Waals surface area contributed by atoms with Crippen LogP contribution in [-0.4, -0.2) is 51.0 Å². The molecule has 0 fully saturated rings. The Morgan fingerprint density at radius 3 is 2.61 bits per heavy atom. The summed E-state index contributed by atoms with van der Waals surface area (Å²) in [6.45, 7) is 6.68. The number of ether oxygens (including phenoxy) is 1. The van der Waals surface area contributed by atoms with E-state index < -0.39 is 6.04 Å². The molecular weight excluding hydrogens is 418 g/mol. The van der Waals surface area contributed by atoms with Crippen LogP contribution in [0.3, 0.4) is 0 Å². The first kappa shape index (κ1) is 22.9. The zero-order valence-electron chi connectivity index (χ0n) is 19.4. The van der Waals surface area contributed by atoms with Gasteiger partial charge in [0.05, 0.1) is 19.3 Å². The molecule has 33 heavy (non-hydrogen) atoms. The minimum absolute atomic E-state index is 0.150. The third-order valence-corrected chi connectivity index (χ3v) is 6.12. The summed E-state index contributed by atoms with van der Waals surface area (Å²) in [7, 11) is 0. The summed E-state index contributed by atoms with van der Waals surface area (Å²) in [5.41, 5.74) is 4.88. The van der Waals surface area contributed by atoms with Crippen LogP contribution in [0.25, 0.3) is 11.3 Å². The van der Waals surface area contributed by atoms with E-state index in [1.54, 1.807) is 4.90 Å². The van der Waals surface area contributed by atoms with Crippen molar-refractivity contribution >= 4 is 5.91 Å². The molecule has 0 radical (unpaired) electrons. The zero-order valence-corrected chi connectivity index (χ0v) is 19.4. The van der Waals surface area contributed by atoms with Crippen molar-refractivity contribution in [2.24, 2.45) is 0 Å². The number of aromatic nitrogens is 2. The van der Waals surface area contributed by atoms with Crippen LogP contribution in [0.5, 0.6) is 11.5 Å². The van der Waals surface area contributed by atoms with Gasteiger partial charge in [0, 0.05) is 17.7 Å². The number of benzene rings is 2. The topological polar surface area (TPSA) is 98.7 Å². The molecular formula is C26H31N3O4. The highest BCUT2D eigenvalue weighted by Gasteiger charge is 2.42. The molecule has 0 spiro atoms. The Labute approximate surface area is 194 Å². The second-order valence-electron chi connectivity index (χ2n) is 8.59. The van der Waals surface area contributed by atoms with Crippen LogP contribution in [0.1, 0.15) is 65.0 Å². The number of carbonyl (C=O) groups is 1. The molecule has 0 aliphatic carbocycles. The molecule has 1 amide bonds. The third-order valence-electron chi connectivity index (χ3n) is 6.12. The third kappa shape index (κ3) is 4.33. The number of unbranched alkanes of at least 4 members (excludes halogenated alkanes) is 2. The van der Waals surface area contributed by atoms with Gasteiger partial charge in [0.1, 0.15) is 22.9 Å². The van der Waals surface area contributed by atoms with Gasteiger partial charge in [0.2, 0.25) is 0 Å². The minimum atomic E-state index is -0.428. The number of hydrogen-bond donors (Lipinski definition) is 3. The molecule has 3 aromatic rings. The van der Waals surface area contributed by atoms with Crippen LogP contribution in [0, 0.1) is 13.8 Å². The van der Waals surface area contributed by atoms with Crippen molar-refractivity contribution in [3.05, 3.63) is 64.3 Å². The molecule has 3 N–H and O–H groups in total. The van der Waals surface area contributed by atoms with Crippen LogP contribution in [-0.2, 0) is 0 Å². The first-order valence-electron chi connectivity index (χ1n) is 11.5. The number of aromatic amines is 1. The molecule has 2 heterocycles. The molecule has 174 valence electrons. The fraction of sp³-hybridized carbons (Fsp3) is 0.385. The van der Waals surface area contributed by atoms with E-state index in [0.29, 0.717) is 29.1 Å². The molecule has 1 atom stereocenters. The van der Waals surface area contributed by atoms with Gasteiger partial charge in [0.15, 0.2) is 0 Å². The quantitative estimate of drug-likeness (QED) is 0.418. The minimum Gasteiger partial charge on any atom is -0.507 e. The van der Waals surface area contributed by atoms with Crippen molar-refractivity contribution in [2.45, 2.75) is 46.1 Å². The number of carbonyl (C=O) groups excluding carboxylic acids is 1. The van der Waals surface area contributed by atoms with Crippen molar-refractivity contribution in [2.75, 3.05) is 19.8 Å². The van der Waals surface area contributed by atoms with Crippen LogP contribution in [0.15, 0.2) is 36.4 Å². The van der Waals surface area contributed by atoms with E-state index in [-0.39, 0.29) is 24.8 Å². The summed E-state index contributed by atoms with van der Waals surface area (Å²) in [4.78, 5) is 14.8. The lowest BCUT2D eigenvalue weighted by Gasteiger charge is -2.26. The number of H-pyrrole nitrogens is 1. The van der Waals surface area contributed by atoms with Crippen molar-refractivity contribution in [1.29, 1.82) is 0 Å². The summed E-state index contributed by atoms with van der Waals surface area (Å²) in [6, 6.07) is 11.1. The van der Waals surface area contributed by atoms with Crippen molar-refractivity contribution in [3.8, 4) is 22.8 Å². The monoisotopic (exact) mass is 449 g/mol. The summed E-state index contributed by atoms with van der Waals surface area (Å²) in [5.74, 6) is 0.719. The van der Waals surface area contributed by atoms with Crippen molar-refractivity contribution in [3.63, 3.8) is 0 Å². The van der Waals surface area contributed by atoms with Gasteiger partial charge in [0.25, 0.3) is 5.91 Å². The maximum atomic E-state index is 13.2. The molecule has 4 rings (SSSR count). The van der Waals surface area contributed by atoms with E-state index in [1.807, 2.05) is 50.2 Å². The number of rotatable bonds is 9. The lowest BCUT2D eigenvalue weighted by atomic mass is 9.94. The highest BCUT2D eigenvalue weighted by molar-refractivity contribution is 6.00. The predicted molar refractivity (Wildman–Crippen MR) is 127 cm³/mol. The smallest absolute Gasteiger partial charge is 0.273 e. The van der Waals surface area contributed by atoms with Crippen LogP contribution >= 0.6 is 0 Å². The number of aliphatic hydroxyl groups is 1. The summed E-state index contributed by atoms with van der Waals surface area (Å²) in [6.07, 6.45) is 3.29. The molecule has 0 saturated heterocycles. The predicted octanol–water partition coefficient (Wildman–Crippen LogP) is 4.51. The molecule has 1 aliphatic heterocycles. The number of β-amino-alcohol motifs (C(OH)–C–C–N with tert-alkyl or cyclic N) is 1. The Morgan fingerprint density at radius 1 is 1.15 bits per heavy atom. The second kappa shape index (κ2) is 9.67. The van der Waals surface area contributed by atoms with Gasteiger partial charge in [-0.25, -0.2) is 0 Å². The van der Waals surface area contributed by atoms with E-state index in [9.17, 15) is 15.0 Å². The number of hydrogen-bond acceptors (Lipinski definition) is 5. The lowest BCUT2D eigenvalue weighted by Crippen LogP contribution is -2.32. The van der Waals surface area contributed by atoms with Gasteiger partial charge in [-0.1, -0.05) is 38.0 Å². The van der Waals surface area contributed by atoms with Gasteiger partial charge in [-0.3, -0.25) is 9.89 Å². The molecule has 1 aromatic heterocycles. The fourth-order valence-electron chi connectivity index (χ4n) is 4.52. The van der Waals surface area contributed by atoms with E-state index in [2.05, 4.69) is 17.1 Å². The number of phenols is 1. The number of nitrogens with zero attached hydrogens (tertiary/aromatic N) is 2. The maximum Gasteiger partial charge on any atom is 0.273 e. The summed E-state index contributed by atoms with van der Waals surface area (Å²) < 4.78 is 5.84. The van der Waals surface area contributed by atoms with E-state index in [4.69, 9.17) is 4.74 Å². The number of aryl methyl sites for hydroxylation is 2. The van der Waals surface area contributed by atoms with Gasteiger partial charge < -0.3 is 19.8 Å². The Bertz CT molecular complexity index is 1140. The molecule has 1 unspecified atom stereocenters. The number of nitrogens with one attached hydrogen (secondary N) is 1. The normalized spacial score (nSPS) is 15.2. The fourth-order valence-corrected chi connectivity index (χ4v) is 4.52. The number of fused-ring (bicyclic) bond motifs is 1. The molecule has 0 saturated carbocycles. The molecule has 7 heteroatoms. The SMILES string of the molecule is CCCCCOc1ccc(C2c3c(-c4cc(C)cc(C)c4O)n[nH]c3C(=O)N2CCO)cc1. The lowest BCUT2D eigenvalue weighted by molar-refractivity contribution is 0.0706. The second-order valence-corrected chi connectivity index (χ2v) is 8.59. The maximum absolute atomic E-state index is 13.2. The number of aromatic hydroxyl groups is 1. The summed E-state index contributed by atoms with van der Waals surface area (Å²) in [5, 5.41) is 27.7. The van der Waals surface area contributed by atoms with Crippen LogP contribution in [0.2, 0.25) is 0 Å². The van der Waals surface area contributed by atoms with Gasteiger partial charge in [-0.05, 0) is 55.2 Å². The number of phenolic OH excluding ortho intramolecular Hbond substituents is 1. The van der Waals surface area contributed by atoms with Gasteiger partial charge in [-0.15, -0.1) is 0 Å². The Kier molecular flexibility index (Phi) is 6.70. The average Bonchev–Trinajstić information content (AvgIpc) is 3.34. The Balaban J connectivity index is 1.74. The van der Waals surface area contributed by atoms with E-state index in [1.165, 1.54) is 0 Å². The molecule has 7 nitrogen and oxygen atoms in total.